The molecule has 0 unspecified atom stereocenters. The third kappa shape index (κ3) is 9.55. The van der Waals surface area contributed by atoms with E-state index < -0.39 is 0 Å². The Morgan fingerprint density at radius 2 is 0.590 bits per heavy atom. The molecule has 5 nitrogen and oxygen atoms in total. The first-order chi connectivity index (χ1) is 38.7. The van der Waals surface area contributed by atoms with Gasteiger partial charge in [0.2, 0.25) is 0 Å². The minimum Gasteiger partial charge on any atom is -0.458 e. The maximum absolute atomic E-state index is 7.44. The maximum Gasteiger partial charge on any atom is 0.252 e. The zero-order chi connectivity index (χ0) is 52.0. The van der Waals surface area contributed by atoms with Gasteiger partial charge in [-0.2, -0.15) is 0 Å². The first-order valence-corrected chi connectivity index (χ1v) is 26.4. The van der Waals surface area contributed by atoms with Crippen LogP contribution in [0.4, 0.5) is 51.2 Å². The molecule has 13 rings (SSSR count). The maximum atomic E-state index is 7.44. The standard InChI is InChI=1S/C72H52BN3O2/c1-9-26-53(27-10-1)66-42-25-43-67(54-28-11-2-12-29-54)72(66)73-68-46-44-60(74(55-30-13-3-14-31-55)56-32-15-4-16-33-56)51-70(68)78-71-52-61(45-47-69(71)73)76(59-38-21-7-22-39-59)63-48-62(49-65(50-63)77-64-40-23-8-24-41-64)75(57-34-17-5-18-35-57)58-36-19-6-20-37-58/h1-52H. The van der Waals surface area contributed by atoms with Crippen LogP contribution in [0.15, 0.2) is 315 Å². The molecule has 0 saturated heterocycles. The van der Waals surface area contributed by atoms with Crippen molar-refractivity contribution in [2.75, 3.05) is 14.7 Å². The number of benzene rings is 12. The monoisotopic (exact) mass is 1000 g/mol. The zero-order valence-corrected chi connectivity index (χ0v) is 42.8. The van der Waals surface area contributed by atoms with Crippen LogP contribution >= 0.6 is 0 Å². The highest BCUT2D eigenvalue weighted by molar-refractivity contribution is 6.98. The van der Waals surface area contributed by atoms with Crippen LogP contribution in [0.2, 0.25) is 0 Å². The molecule has 0 bridgehead atoms. The molecule has 1 aliphatic heterocycles. The van der Waals surface area contributed by atoms with Crippen LogP contribution in [0.5, 0.6) is 23.0 Å². The van der Waals surface area contributed by atoms with E-state index in [0.29, 0.717) is 5.75 Å². The molecule has 0 atom stereocenters. The van der Waals surface area contributed by atoms with Crippen LogP contribution in [0, 0.1) is 0 Å². The molecule has 0 saturated carbocycles. The van der Waals surface area contributed by atoms with Crippen molar-refractivity contribution in [1.29, 1.82) is 0 Å². The van der Waals surface area contributed by atoms with Crippen LogP contribution in [0.25, 0.3) is 22.3 Å². The smallest absolute Gasteiger partial charge is 0.252 e. The SMILES string of the molecule is c1ccc(Oc2cc(N(c3ccccc3)c3ccccc3)cc(N(c3ccccc3)c3ccc4c(c3)Oc3cc(N(c5ccccc5)c5ccccc5)ccc3B4c3c(-c4ccccc4)cccc3-c3ccccc3)c2)cc1. The molecule has 12 aromatic rings. The number of hydrogen-bond acceptors (Lipinski definition) is 5. The third-order valence-corrected chi connectivity index (χ3v) is 14.4. The Hall–Kier alpha value is -10.3. The largest absolute Gasteiger partial charge is 0.458 e. The molecule has 6 heteroatoms. The van der Waals surface area contributed by atoms with Gasteiger partial charge < -0.3 is 24.2 Å². The summed E-state index contributed by atoms with van der Waals surface area (Å²) >= 11 is 0. The van der Waals surface area contributed by atoms with Crippen molar-refractivity contribution in [3.63, 3.8) is 0 Å². The molecule has 12 aromatic carbocycles. The second-order valence-electron chi connectivity index (χ2n) is 19.3. The molecular formula is C72H52BN3O2. The fourth-order valence-corrected chi connectivity index (χ4v) is 10.9. The lowest BCUT2D eigenvalue weighted by molar-refractivity contribution is 0.483. The summed E-state index contributed by atoms with van der Waals surface area (Å²) in [7, 11) is 0. The molecule has 1 aliphatic rings. The van der Waals surface area contributed by atoms with Gasteiger partial charge in [-0.05, 0) is 124 Å². The highest BCUT2D eigenvalue weighted by atomic mass is 16.5. The topological polar surface area (TPSA) is 28.2 Å². The number of nitrogens with zero attached hydrogens (tertiary/aromatic N) is 3. The Morgan fingerprint density at radius 3 is 0.974 bits per heavy atom. The zero-order valence-electron chi connectivity index (χ0n) is 42.8. The van der Waals surface area contributed by atoms with Gasteiger partial charge in [0.15, 0.2) is 0 Å². The van der Waals surface area contributed by atoms with Gasteiger partial charge in [0.05, 0.1) is 11.4 Å². The quantitative estimate of drug-likeness (QED) is 0.101. The lowest BCUT2D eigenvalue weighted by atomic mass is 9.34. The van der Waals surface area contributed by atoms with E-state index in [1.165, 1.54) is 16.6 Å². The van der Waals surface area contributed by atoms with Gasteiger partial charge in [0, 0.05) is 64.1 Å². The third-order valence-electron chi connectivity index (χ3n) is 14.4. The van der Waals surface area contributed by atoms with E-state index in [1.54, 1.807) is 0 Å². The van der Waals surface area contributed by atoms with Gasteiger partial charge >= 0.3 is 0 Å². The number of rotatable bonds is 14. The summed E-state index contributed by atoms with van der Waals surface area (Å²) in [6.45, 7) is -0.231. The predicted molar refractivity (Wildman–Crippen MR) is 325 cm³/mol. The van der Waals surface area contributed by atoms with Crippen molar-refractivity contribution in [3.8, 4) is 45.3 Å². The number of fused-ring (bicyclic) bond motifs is 2. The number of ether oxygens (including phenoxy) is 2. The molecule has 0 aromatic heterocycles. The first kappa shape index (κ1) is 47.4. The fourth-order valence-electron chi connectivity index (χ4n) is 10.9. The summed E-state index contributed by atoms with van der Waals surface area (Å²) in [6, 6.07) is 111. The lowest BCUT2D eigenvalue weighted by Gasteiger charge is -2.33. The lowest BCUT2D eigenvalue weighted by Crippen LogP contribution is -2.56. The van der Waals surface area contributed by atoms with Crippen molar-refractivity contribution in [1.82, 2.24) is 0 Å². The van der Waals surface area contributed by atoms with E-state index in [1.807, 2.05) is 30.3 Å². The van der Waals surface area contributed by atoms with E-state index in [2.05, 4.69) is 300 Å². The van der Waals surface area contributed by atoms with Crippen LogP contribution in [0.1, 0.15) is 0 Å². The van der Waals surface area contributed by atoms with Gasteiger partial charge in [0.25, 0.3) is 6.71 Å². The highest BCUT2D eigenvalue weighted by Gasteiger charge is 2.37. The summed E-state index contributed by atoms with van der Waals surface area (Å²) in [4.78, 5) is 6.88. The second kappa shape index (κ2) is 21.5. The Balaban J connectivity index is 1.04. The van der Waals surface area contributed by atoms with Gasteiger partial charge in [-0.25, -0.2) is 0 Å². The molecule has 0 aliphatic carbocycles. The van der Waals surface area contributed by atoms with Crippen molar-refractivity contribution in [2.45, 2.75) is 0 Å². The van der Waals surface area contributed by atoms with E-state index >= 15 is 0 Å². The van der Waals surface area contributed by atoms with Crippen molar-refractivity contribution < 1.29 is 9.47 Å². The van der Waals surface area contributed by atoms with Gasteiger partial charge in [-0.15, -0.1) is 0 Å². The average Bonchev–Trinajstić information content (AvgIpc) is 3.52. The first-order valence-electron chi connectivity index (χ1n) is 26.4. The van der Waals surface area contributed by atoms with E-state index in [9.17, 15) is 0 Å². The molecule has 0 spiro atoms. The predicted octanol–water partition coefficient (Wildman–Crippen LogP) is 17.8. The van der Waals surface area contributed by atoms with E-state index in [4.69, 9.17) is 9.47 Å². The fraction of sp³-hybridized carbons (Fsp3) is 0. The summed E-state index contributed by atoms with van der Waals surface area (Å²) in [5, 5.41) is 0. The number of anilines is 9. The van der Waals surface area contributed by atoms with Crippen molar-refractivity contribution in [2.24, 2.45) is 0 Å². The Labute approximate surface area is 456 Å². The minimum absolute atomic E-state index is 0.231. The Morgan fingerprint density at radius 1 is 0.256 bits per heavy atom. The minimum atomic E-state index is -0.231. The van der Waals surface area contributed by atoms with Crippen LogP contribution < -0.4 is 40.6 Å². The summed E-state index contributed by atoms with van der Waals surface area (Å²) in [5.74, 6) is 2.99. The van der Waals surface area contributed by atoms with Crippen molar-refractivity contribution in [3.05, 3.63) is 315 Å². The summed E-state index contributed by atoms with van der Waals surface area (Å²) in [5.41, 5.74) is 16.8. The second-order valence-corrected chi connectivity index (χ2v) is 19.3. The highest BCUT2D eigenvalue weighted by Crippen LogP contribution is 2.45. The van der Waals surface area contributed by atoms with Crippen LogP contribution in [-0.4, -0.2) is 6.71 Å². The normalized spacial score (nSPS) is 11.4. The summed E-state index contributed by atoms with van der Waals surface area (Å²) < 4.78 is 14.2. The van der Waals surface area contributed by atoms with Gasteiger partial charge in [-0.3, -0.25) is 0 Å². The number of hydrogen-bond donors (Lipinski definition) is 0. The molecule has 0 fully saturated rings. The van der Waals surface area contributed by atoms with Gasteiger partial charge in [0.1, 0.15) is 23.0 Å². The summed E-state index contributed by atoms with van der Waals surface area (Å²) in [6.07, 6.45) is 0. The molecule has 0 N–H and O–H groups in total. The molecule has 370 valence electrons. The van der Waals surface area contributed by atoms with Crippen molar-refractivity contribution >= 4 is 74.3 Å². The molecule has 78 heavy (non-hydrogen) atoms. The van der Waals surface area contributed by atoms with Gasteiger partial charge in [-0.1, -0.05) is 206 Å². The Kier molecular flexibility index (Phi) is 13.1. The molecule has 1 heterocycles. The molecule has 0 radical (unpaired) electrons. The van der Waals surface area contributed by atoms with Crippen LogP contribution in [-0.2, 0) is 0 Å². The number of para-hydroxylation sites is 6. The van der Waals surface area contributed by atoms with E-state index in [-0.39, 0.29) is 6.71 Å². The van der Waals surface area contributed by atoms with E-state index in [0.717, 1.165) is 90.5 Å². The Bertz CT molecular complexity index is 3830. The molecular weight excluding hydrogens is 950 g/mol. The van der Waals surface area contributed by atoms with Crippen LogP contribution in [0.3, 0.4) is 0 Å². The molecule has 0 amide bonds. The average molecular weight is 1000 g/mol.